The monoisotopic (exact) mass is 253 g/mol. The first kappa shape index (κ1) is 13.3. The van der Waals surface area contributed by atoms with Gasteiger partial charge in [0.25, 0.3) is 5.91 Å². The van der Waals surface area contributed by atoms with Crippen molar-refractivity contribution in [3.05, 3.63) is 28.8 Å². The predicted molar refractivity (Wildman–Crippen MR) is 63.5 cm³/mol. The topological polar surface area (TPSA) is 88.1 Å². The van der Waals surface area contributed by atoms with E-state index >= 15 is 0 Å². The molecule has 5 nitrogen and oxygen atoms in total. The summed E-state index contributed by atoms with van der Waals surface area (Å²) in [5.74, 6) is 0.113. The lowest BCUT2D eigenvalue weighted by atomic mass is 10.2. The maximum atomic E-state index is 11.2. The molecule has 0 bridgehead atoms. The lowest BCUT2D eigenvalue weighted by molar-refractivity contribution is -0.122. The maximum Gasteiger partial charge on any atom is 0.258 e. The number of rotatable bonds is 5. The summed E-state index contributed by atoms with van der Waals surface area (Å²) in [5.41, 5.74) is 6.18. The molecule has 3 N–H and O–H groups in total. The molecule has 0 aliphatic heterocycles. The lowest BCUT2D eigenvalue weighted by Gasteiger charge is -2.10. The van der Waals surface area contributed by atoms with Crippen LogP contribution in [0, 0.1) is 11.3 Å². The van der Waals surface area contributed by atoms with Gasteiger partial charge in [-0.1, -0.05) is 17.7 Å². The molecule has 0 spiro atoms. The number of benzene rings is 1. The van der Waals surface area contributed by atoms with Crippen molar-refractivity contribution >= 4 is 17.5 Å². The Hall–Kier alpha value is -1.77. The molecule has 0 fully saturated rings. The Morgan fingerprint density at radius 1 is 1.59 bits per heavy atom. The number of nitrogens with zero attached hydrogens (tertiary/aromatic N) is 1. The number of nitrogens with one attached hydrogen (secondary N) is 1. The minimum absolute atomic E-state index is 0.0402. The van der Waals surface area contributed by atoms with Crippen LogP contribution in [-0.4, -0.2) is 19.1 Å². The minimum Gasteiger partial charge on any atom is -0.483 e. The molecule has 6 heteroatoms. The van der Waals surface area contributed by atoms with Crippen molar-refractivity contribution < 1.29 is 9.53 Å². The van der Waals surface area contributed by atoms with E-state index in [0.717, 1.165) is 0 Å². The Morgan fingerprint density at radius 2 is 2.35 bits per heavy atom. The number of nitrogens with two attached hydrogens (primary N) is 1. The van der Waals surface area contributed by atoms with Gasteiger partial charge in [-0.25, -0.2) is 0 Å². The summed E-state index contributed by atoms with van der Waals surface area (Å²) in [6.45, 7) is 0.0192. The zero-order valence-electron chi connectivity index (χ0n) is 9.07. The van der Waals surface area contributed by atoms with Crippen LogP contribution in [0.5, 0.6) is 5.75 Å². The Bertz CT molecular complexity index is 443. The number of carbonyl (C=O) groups is 1. The van der Waals surface area contributed by atoms with Gasteiger partial charge in [-0.15, -0.1) is 0 Å². The fraction of sp³-hybridized carbons (Fsp3) is 0.273. The molecule has 1 rings (SSSR count). The third-order valence-electron chi connectivity index (χ3n) is 2.00. The number of ether oxygens (including phenoxy) is 1. The van der Waals surface area contributed by atoms with E-state index in [0.29, 0.717) is 16.3 Å². The first-order chi connectivity index (χ1) is 8.19. The van der Waals surface area contributed by atoms with E-state index in [4.69, 9.17) is 27.3 Å². The van der Waals surface area contributed by atoms with Gasteiger partial charge in [-0.2, -0.15) is 5.26 Å². The first-order valence-corrected chi connectivity index (χ1v) is 5.30. The molecule has 17 heavy (non-hydrogen) atoms. The van der Waals surface area contributed by atoms with E-state index < -0.39 is 0 Å². The van der Waals surface area contributed by atoms with Crippen LogP contribution < -0.4 is 15.8 Å². The molecule has 0 saturated heterocycles. The van der Waals surface area contributed by atoms with Crippen molar-refractivity contribution in [2.45, 2.75) is 6.54 Å². The largest absolute Gasteiger partial charge is 0.483 e. The van der Waals surface area contributed by atoms with Crippen LogP contribution in [-0.2, 0) is 11.3 Å². The van der Waals surface area contributed by atoms with Crippen molar-refractivity contribution in [3.63, 3.8) is 0 Å². The van der Waals surface area contributed by atoms with E-state index in [1.807, 2.05) is 0 Å². The lowest BCUT2D eigenvalue weighted by Crippen LogP contribution is -2.29. The van der Waals surface area contributed by atoms with Gasteiger partial charge in [-0.05, 0) is 12.1 Å². The summed E-state index contributed by atoms with van der Waals surface area (Å²) < 4.78 is 5.28. The molecule has 0 aliphatic carbocycles. The molecule has 0 heterocycles. The average Bonchev–Trinajstić information content (AvgIpc) is 2.33. The van der Waals surface area contributed by atoms with E-state index in [1.54, 1.807) is 24.3 Å². The molecule has 0 saturated carbocycles. The predicted octanol–water partition coefficient (Wildman–Crippen LogP) is 0.817. The molecule has 0 unspecified atom stereocenters. The van der Waals surface area contributed by atoms with Crippen molar-refractivity contribution in [3.8, 4) is 11.8 Å². The van der Waals surface area contributed by atoms with Gasteiger partial charge in [0.2, 0.25) is 0 Å². The summed E-state index contributed by atoms with van der Waals surface area (Å²) in [5, 5.41) is 11.1. The smallest absolute Gasteiger partial charge is 0.258 e. The van der Waals surface area contributed by atoms with E-state index in [1.165, 1.54) is 0 Å². The molecule has 0 aliphatic rings. The molecule has 90 valence electrons. The fourth-order valence-electron chi connectivity index (χ4n) is 1.20. The number of hydrogen-bond donors (Lipinski definition) is 2. The van der Waals surface area contributed by atoms with E-state index in [9.17, 15) is 4.79 Å². The zero-order chi connectivity index (χ0) is 12.7. The van der Waals surface area contributed by atoms with Crippen LogP contribution >= 0.6 is 11.6 Å². The number of halogens is 1. The molecule has 1 aromatic rings. The molecule has 1 amide bonds. The van der Waals surface area contributed by atoms with Gasteiger partial charge in [0.05, 0.1) is 6.07 Å². The van der Waals surface area contributed by atoms with E-state index in [-0.39, 0.29) is 25.6 Å². The average molecular weight is 254 g/mol. The first-order valence-electron chi connectivity index (χ1n) is 4.93. The number of hydrogen-bond acceptors (Lipinski definition) is 4. The van der Waals surface area contributed by atoms with Crippen LogP contribution in [0.25, 0.3) is 0 Å². The van der Waals surface area contributed by atoms with Crippen LogP contribution in [0.1, 0.15) is 5.56 Å². The number of amides is 1. The summed E-state index contributed by atoms with van der Waals surface area (Å²) in [6.07, 6.45) is 0. The third-order valence-corrected chi connectivity index (χ3v) is 2.36. The molecule has 0 atom stereocenters. The van der Waals surface area contributed by atoms with Gasteiger partial charge in [0.15, 0.2) is 6.61 Å². The third kappa shape index (κ3) is 3.94. The quantitative estimate of drug-likeness (QED) is 0.761. The molecule has 0 aromatic heterocycles. The summed E-state index contributed by atoms with van der Waals surface area (Å²) in [6, 6.07) is 6.90. The van der Waals surface area contributed by atoms with Crippen LogP contribution in [0.4, 0.5) is 0 Å². The van der Waals surface area contributed by atoms with Crippen LogP contribution in [0.3, 0.4) is 0 Å². The standard InChI is InChI=1S/C11H12ClN3O2/c12-9-2-1-3-10(8(9)6-14)17-7-11(16)15-5-4-13/h1-3H,5-7,14H2,(H,15,16). The highest BCUT2D eigenvalue weighted by atomic mass is 35.5. The zero-order valence-corrected chi connectivity index (χ0v) is 9.83. The highest BCUT2D eigenvalue weighted by Gasteiger charge is 2.08. The second kappa shape index (κ2) is 6.74. The Morgan fingerprint density at radius 3 is 3.00 bits per heavy atom. The highest BCUT2D eigenvalue weighted by molar-refractivity contribution is 6.31. The van der Waals surface area contributed by atoms with Crippen molar-refractivity contribution in [1.82, 2.24) is 5.32 Å². The second-order valence-corrected chi connectivity index (χ2v) is 3.55. The number of carbonyl (C=O) groups excluding carboxylic acids is 1. The minimum atomic E-state index is -0.366. The van der Waals surface area contributed by atoms with Crippen molar-refractivity contribution in [2.75, 3.05) is 13.2 Å². The Balaban J connectivity index is 2.61. The van der Waals surface area contributed by atoms with Gasteiger partial charge in [-0.3, -0.25) is 4.79 Å². The van der Waals surface area contributed by atoms with E-state index in [2.05, 4.69) is 5.32 Å². The summed E-state index contributed by atoms with van der Waals surface area (Å²) in [4.78, 5) is 11.2. The maximum absolute atomic E-state index is 11.2. The SMILES string of the molecule is N#CCNC(=O)COc1cccc(Cl)c1CN. The second-order valence-electron chi connectivity index (χ2n) is 3.14. The van der Waals surface area contributed by atoms with Crippen LogP contribution in [0.15, 0.2) is 18.2 Å². The highest BCUT2D eigenvalue weighted by Crippen LogP contribution is 2.25. The van der Waals surface area contributed by atoms with Crippen LogP contribution in [0.2, 0.25) is 5.02 Å². The van der Waals surface area contributed by atoms with Gasteiger partial charge in [0, 0.05) is 17.1 Å². The normalized spacial score (nSPS) is 9.47. The van der Waals surface area contributed by atoms with Crippen molar-refractivity contribution in [1.29, 1.82) is 5.26 Å². The summed E-state index contributed by atoms with van der Waals surface area (Å²) >= 11 is 5.92. The molecule has 0 radical (unpaired) electrons. The molecular weight excluding hydrogens is 242 g/mol. The van der Waals surface area contributed by atoms with Gasteiger partial charge in [0.1, 0.15) is 12.3 Å². The summed E-state index contributed by atoms with van der Waals surface area (Å²) in [7, 11) is 0. The molecule has 1 aromatic carbocycles. The van der Waals surface area contributed by atoms with Gasteiger partial charge >= 0.3 is 0 Å². The van der Waals surface area contributed by atoms with Crippen molar-refractivity contribution in [2.24, 2.45) is 5.73 Å². The Kier molecular flexibility index (Phi) is 5.27. The Labute approximate surface area is 104 Å². The van der Waals surface area contributed by atoms with Gasteiger partial charge < -0.3 is 15.8 Å². The molecular formula is C11H12ClN3O2. The fourth-order valence-corrected chi connectivity index (χ4v) is 1.45. The number of nitriles is 1.